The largest absolute Gasteiger partial charge is 0.323 e. The Balaban J connectivity index is 1.62. The van der Waals surface area contributed by atoms with Gasteiger partial charge in [0.25, 0.3) is 0 Å². The maximum absolute atomic E-state index is 6.33. The zero-order valence-corrected chi connectivity index (χ0v) is 12.0. The minimum Gasteiger partial charge on any atom is -0.323 e. The van der Waals surface area contributed by atoms with Crippen molar-refractivity contribution in [3.63, 3.8) is 0 Å². The maximum atomic E-state index is 6.33. The molecule has 0 saturated carbocycles. The molecule has 3 atom stereocenters. The highest BCUT2D eigenvalue weighted by molar-refractivity contribution is 5.10. The van der Waals surface area contributed by atoms with E-state index in [2.05, 4.69) is 21.8 Å². The summed E-state index contributed by atoms with van der Waals surface area (Å²) in [6, 6.07) is 1.44. The first-order valence-electron chi connectivity index (χ1n) is 7.35. The van der Waals surface area contributed by atoms with Crippen LogP contribution >= 0.6 is 0 Å². The summed E-state index contributed by atoms with van der Waals surface area (Å²) in [5.41, 5.74) is 7.47. The van der Waals surface area contributed by atoms with Crippen molar-refractivity contribution in [2.75, 3.05) is 26.2 Å². The monoisotopic (exact) mass is 263 g/mol. The minimum atomic E-state index is 0.0732. The van der Waals surface area contributed by atoms with Crippen molar-refractivity contribution in [2.45, 2.75) is 37.9 Å². The van der Waals surface area contributed by atoms with Crippen LogP contribution in [0.3, 0.4) is 0 Å². The molecular weight excluding hydrogens is 238 g/mol. The van der Waals surface area contributed by atoms with Crippen molar-refractivity contribution in [1.29, 1.82) is 0 Å². The highest BCUT2D eigenvalue weighted by Crippen LogP contribution is 2.25. The van der Waals surface area contributed by atoms with E-state index < -0.39 is 0 Å². The Kier molecular flexibility index (Phi) is 3.60. The molecule has 2 aliphatic heterocycles. The summed E-state index contributed by atoms with van der Waals surface area (Å²) < 4.78 is 1.83. The molecule has 5 heteroatoms. The second kappa shape index (κ2) is 5.23. The van der Waals surface area contributed by atoms with Gasteiger partial charge in [0.05, 0.1) is 6.20 Å². The molecule has 19 heavy (non-hydrogen) atoms. The fourth-order valence-electron chi connectivity index (χ4n) is 3.49. The quantitative estimate of drug-likeness (QED) is 0.867. The molecule has 106 valence electrons. The predicted molar refractivity (Wildman–Crippen MR) is 75.8 cm³/mol. The first-order valence-corrected chi connectivity index (χ1v) is 7.35. The number of hydrogen-bond donors (Lipinski definition) is 1. The molecular formula is C14H25N5. The van der Waals surface area contributed by atoms with Gasteiger partial charge in [-0.2, -0.15) is 5.10 Å². The third-order valence-corrected chi connectivity index (χ3v) is 4.65. The number of hydrogen-bond acceptors (Lipinski definition) is 4. The molecule has 3 heterocycles. The summed E-state index contributed by atoms with van der Waals surface area (Å²) in [7, 11) is 1.94. The Labute approximate surface area is 115 Å². The van der Waals surface area contributed by atoms with Crippen molar-refractivity contribution in [3.8, 4) is 0 Å². The lowest BCUT2D eigenvalue weighted by molar-refractivity contribution is 0.0553. The number of piperazine rings is 1. The lowest BCUT2D eigenvalue weighted by Gasteiger charge is -2.43. The van der Waals surface area contributed by atoms with Gasteiger partial charge in [0.15, 0.2) is 0 Å². The number of nitrogens with two attached hydrogens (primary N) is 1. The molecule has 0 aromatic carbocycles. The Morgan fingerprint density at radius 2 is 2.32 bits per heavy atom. The van der Waals surface area contributed by atoms with Crippen LogP contribution in [-0.2, 0) is 7.05 Å². The third kappa shape index (κ3) is 2.68. The van der Waals surface area contributed by atoms with Crippen LogP contribution in [0.2, 0.25) is 0 Å². The zero-order chi connectivity index (χ0) is 13.4. The highest BCUT2D eigenvalue weighted by atomic mass is 15.3. The van der Waals surface area contributed by atoms with Crippen molar-refractivity contribution in [1.82, 2.24) is 19.6 Å². The van der Waals surface area contributed by atoms with E-state index in [1.165, 1.54) is 32.5 Å². The summed E-state index contributed by atoms with van der Waals surface area (Å²) in [4.78, 5) is 5.21. The SMILES string of the molecule is CC1CN2CCCC2CN1CC(N)c1cnn(C)c1. The van der Waals surface area contributed by atoms with Gasteiger partial charge in [-0.15, -0.1) is 0 Å². The van der Waals surface area contributed by atoms with Crippen LogP contribution in [0.25, 0.3) is 0 Å². The van der Waals surface area contributed by atoms with E-state index in [1.807, 2.05) is 24.1 Å². The molecule has 2 N–H and O–H groups in total. The van der Waals surface area contributed by atoms with Crippen molar-refractivity contribution >= 4 is 0 Å². The smallest absolute Gasteiger partial charge is 0.0537 e. The molecule has 0 amide bonds. The van der Waals surface area contributed by atoms with Crippen LogP contribution < -0.4 is 5.73 Å². The van der Waals surface area contributed by atoms with Gasteiger partial charge in [0.2, 0.25) is 0 Å². The minimum absolute atomic E-state index is 0.0732. The highest BCUT2D eigenvalue weighted by Gasteiger charge is 2.34. The average Bonchev–Trinajstić information content (AvgIpc) is 2.98. The molecule has 2 saturated heterocycles. The van der Waals surface area contributed by atoms with Gasteiger partial charge in [0.1, 0.15) is 0 Å². The number of aryl methyl sites for hydroxylation is 1. The lowest BCUT2D eigenvalue weighted by Crippen LogP contribution is -2.56. The van der Waals surface area contributed by atoms with Crippen LogP contribution in [0, 0.1) is 0 Å². The van der Waals surface area contributed by atoms with Gasteiger partial charge in [-0.25, -0.2) is 0 Å². The van der Waals surface area contributed by atoms with Gasteiger partial charge in [0, 0.05) is 56.6 Å². The molecule has 0 bridgehead atoms. The number of fused-ring (bicyclic) bond motifs is 1. The fourth-order valence-corrected chi connectivity index (χ4v) is 3.49. The number of nitrogens with zero attached hydrogens (tertiary/aromatic N) is 4. The van der Waals surface area contributed by atoms with E-state index in [1.54, 1.807) is 0 Å². The Morgan fingerprint density at radius 1 is 1.47 bits per heavy atom. The first kappa shape index (κ1) is 13.1. The fraction of sp³-hybridized carbons (Fsp3) is 0.786. The summed E-state index contributed by atoms with van der Waals surface area (Å²) in [6.45, 7) is 6.93. The number of aromatic nitrogens is 2. The Bertz CT molecular complexity index is 429. The van der Waals surface area contributed by atoms with Crippen LogP contribution in [0.15, 0.2) is 12.4 Å². The summed E-state index contributed by atoms with van der Waals surface area (Å²) in [5.74, 6) is 0. The van der Waals surface area contributed by atoms with E-state index in [4.69, 9.17) is 5.73 Å². The topological polar surface area (TPSA) is 50.3 Å². The van der Waals surface area contributed by atoms with E-state index >= 15 is 0 Å². The van der Waals surface area contributed by atoms with Crippen molar-refractivity contribution < 1.29 is 0 Å². The van der Waals surface area contributed by atoms with E-state index in [-0.39, 0.29) is 6.04 Å². The maximum Gasteiger partial charge on any atom is 0.0537 e. The van der Waals surface area contributed by atoms with Gasteiger partial charge < -0.3 is 5.73 Å². The van der Waals surface area contributed by atoms with Gasteiger partial charge >= 0.3 is 0 Å². The molecule has 1 aromatic rings. The molecule has 0 spiro atoms. The Morgan fingerprint density at radius 3 is 3.05 bits per heavy atom. The average molecular weight is 263 g/mol. The van der Waals surface area contributed by atoms with Gasteiger partial charge in [-0.3, -0.25) is 14.5 Å². The molecule has 2 fully saturated rings. The molecule has 5 nitrogen and oxygen atoms in total. The third-order valence-electron chi connectivity index (χ3n) is 4.65. The molecule has 0 radical (unpaired) electrons. The standard InChI is InChI=1S/C14H25N5/c1-11-7-18-5-3-4-13(18)9-19(11)10-14(15)12-6-16-17(2)8-12/h6,8,11,13-14H,3-5,7,9-10,15H2,1-2H3. The second-order valence-electron chi connectivity index (χ2n) is 6.15. The van der Waals surface area contributed by atoms with Crippen molar-refractivity contribution in [3.05, 3.63) is 18.0 Å². The number of rotatable bonds is 3. The Hall–Kier alpha value is -0.910. The van der Waals surface area contributed by atoms with Crippen molar-refractivity contribution in [2.24, 2.45) is 12.8 Å². The summed E-state index contributed by atoms with van der Waals surface area (Å²) in [5, 5.41) is 4.21. The molecule has 3 unspecified atom stereocenters. The molecule has 0 aliphatic carbocycles. The van der Waals surface area contributed by atoms with Gasteiger partial charge in [-0.05, 0) is 26.3 Å². The molecule has 3 rings (SSSR count). The van der Waals surface area contributed by atoms with E-state index in [0.717, 1.165) is 18.2 Å². The second-order valence-corrected chi connectivity index (χ2v) is 6.15. The van der Waals surface area contributed by atoms with Crippen LogP contribution in [0.4, 0.5) is 0 Å². The van der Waals surface area contributed by atoms with E-state index in [9.17, 15) is 0 Å². The molecule has 2 aliphatic rings. The summed E-state index contributed by atoms with van der Waals surface area (Å²) >= 11 is 0. The van der Waals surface area contributed by atoms with Gasteiger partial charge in [-0.1, -0.05) is 0 Å². The van der Waals surface area contributed by atoms with Crippen LogP contribution in [0.5, 0.6) is 0 Å². The molecule has 1 aromatic heterocycles. The van der Waals surface area contributed by atoms with E-state index in [0.29, 0.717) is 6.04 Å². The predicted octanol–water partition coefficient (Wildman–Crippen LogP) is 0.588. The zero-order valence-electron chi connectivity index (χ0n) is 12.0. The summed E-state index contributed by atoms with van der Waals surface area (Å²) in [6.07, 6.45) is 6.63. The van der Waals surface area contributed by atoms with Crippen LogP contribution in [-0.4, -0.2) is 57.8 Å². The first-order chi connectivity index (χ1) is 9.13. The van der Waals surface area contributed by atoms with Crippen LogP contribution in [0.1, 0.15) is 31.4 Å². The lowest BCUT2D eigenvalue weighted by atomic mass is 10.1. The normalized spacial score (nSPS) is 30.5.